The molecule has 80 valence electrons. The van der Waals surface area contributed by atoms with Gasteiger partial charge >= 0.3 is 0 Å². The molecule has 0 aliphatic carbocycles. The van der Waals surface area contributed by atoms with Crippen LogP contribution in [0.5, 0.6) is 0 Å². The Hall–Kier alpha value is -0.790. The Morgan fingerprint density at radius 3 is 2.21 bits per heavy atom. The summed E-state index contributed by atoms with van der Waals surface area (Å²) >= 11 is 0. The standard InChI is InChI=1S/C12H22N2/c1-7-12(5,6)10-9(11(2,3)4)13-8-14-10/h8H,7H2,1-6H3,(H,13,14). The van der Waals surface area contributed by atoms with Crippen LogP contribution in [-0.2, 0) is 10.8 Å². The maximum Gasteiger partial charge on any atom is 0.0925 e. The Kier molecular flexibility index (Phi) is 2.75. The second-order valence-electron chi connectivity index (χ2n) is 5.61. The van der Waals surface area contributed by atoms with E-state index in [1.165, 1.54) is 11.4 Å². The molecule has 0 fully saturated rings. The van der Waals surface area contributed by atoms with E-state index >= 15 is 0 Å². The number of H-pyrrole nitrogens is 1. The molecule has 0 saturated carbocycles. The maximum absolute atomic E-state index is 4.45. The molecule has 2 nitrogen and oxygen atoms in total. The van der Waals surface area contributed by atoms with Crippen LogP contribution in [0.4, 0.5) is 0 Å². The van der Waals surface area contributed by atoms with Crippen molar-refractivity contribution in [3.8, 4) is 0 Å². The highest BCUT2D eigenvalue weighted by molar-refractivity contribution is 5.26. The van der Waals surface area contributed by atoms with Gasteiger partial charge in [0.2, 0.25) is 0 Å². The van der Waals surface area contributed by atoms with Gasteiger partial charge in [-0.25, -0.2) is 4.98 Å². The molecule has 0 spiro atoms. The average Bonchev–Trinajstić information content (AvgIpc) is 2.51. The summed E-state index contributed by atoms with van der Waals surface area (Å²) in [7, 11) is 0. The molecule has 0 atom stereocenters. The van der Waals surface area contributed by atoms with Gasteiger partial charge in [0.1, 0.15) is 0 Å². The van der Waals surface area contributed by atoms with E-state index in [-0.39, 0.29) is 10.8 Å². The van der Waals surface area contributed by atoms with E-state index in [9.17, 15) is 0 Å². The van der Waals surface area contributed by atoms with E-state index in [4.69, 9.17) is 0 Å². The van der Waals surface area contributed by atoms with Crippen LogP contribution >= 0.6 is 0 Å². The third kappa shape index (κ3) is 1.99. The van der Waals surface area contributed by atoms with Gasteiger partial charge in [-0.3, -0.25) is 0 Å². The average molecular weight is 194 g/mol. The Morgan fingerprint density at radius 1 is 1.21 bits per heavy atom. The quantitative estimate of drug-likeness (QED) is 0.768. The van der Waals surface area contributed by atoms with Crippen molar-refractivity contribution >= 4 is 0 Å². The van der Waals surface area contributed by atoms with Crippen LogP contribution in [0.1, 0.15) is 59.4 Å². The molecule has 0 bridgehead atoms. The number of aromatic amines is 1. The van der Waals surface area contributed by atoms with E-state index in [0.717, 1.165) is 6.42 Å². The molecule has 0 aliphatic heterocycles. The fraction of sp³-hybridized carbons (Fsp3) is 0.750. The van der Waals surface area contributed by atoms with Crippen molar-refractivity contribution in [3.63, 3.8) is 0 Å². The van der Waals surface area contributed by atoms with Crippen molar-refractivity contribution in [2.75, 3.05) is 0 Å². The van der Waals surface area contributed by atoms with Gasteiger partial charge in [-0.05, 0) is 6.42 Å². The van der Waals surface area contributed by atoms with Crippen LogP contribution in [0.25, 0.3) is 0 Å². The summed E-state index contributed by atoms with van der Waals surface area (Å²) in [6.07, 6.45) is 2.94. The second-order valence-corrected chi connectivity index (χ2v) is 5.61. The van der Waals surface area contributed by atoms with Gasteiger partial charge in [0, 0.05) is 16.5 Å². The molecule has 1 aromatic heterocycles. The van der Waals surface area contributed by atoms with Crippen LogP contribution in [0, 0.1) is 0 Å². The molecule has 0 saturated heterocycles. The highest BCUT2D eigenvalue weighted by Gasteiger charge is 2.29. The Bertz CT molecular complexity index is 302. The van der Waals surface area contributed by atoms with Gasteiger partial charge < -0.3 is 4.98 Å². The number of nitrogens with zero attached hydrogens (tertiary/aromatic N) is 1. The molecule has 1 heterocycles. The van der Waals surface area contributed by atoms with E-state index in [2.05, 4.69) is 51.5 Å². The molecule has 1 rings (SSSR count). The predicted octanol–water partition coefficient (Wildman–Crippen LogP) is 3.39. The molecule has 14 heavy (non-hydrogen) atoms. The third-order valence-corrected chi connectivity index (χ3v) is 2.91. The van der Waals surface area contributed by atoms with Crippen LogP contribution in [0.2, 0.25) is 0 Å². The van der Waals surface area contributed by atoms with Gasteiger partial charge in [0.15, 0.2) is 0 Å². The maximum atomic E-state index is 4.45. The lowest BCUT2D eigenvalue weighted by atomic mass is 9.79. The van der Waals surface area contributed by atoms with Crippen LogP contribution < -0.4 is 0 Å². The molecule has 0 unspecified atom stereocenters. The van der Waals surface area contributed by atoms with E-state index < -0.39 is 0 Å². The largest absolute Gasteiger partial charge is 0.348 e. The normalized spacial score (nSPS) is 13.3. The summed E-state index contributed by atoms with van der Waals surface area (Å²) in [5.74, 6) is 0. The van der Waals surface area contributed by atoms with Crippen molar-refractivity contribution in [1.29, 1.82) is 0 Å². The zero-order valence-corrected chi connectivity index (χ0v) is 10.2. The summed E-state index contributed by atoms with van der Waals surface area (Å²) in [6.45, 7) is 13.4. The minimum atomic E-state index is 0.127. The van der Waals surface area contributed by atoms with Gasteiger partial charge in [0.25, 0.3) is 0 Å². The molecule has 1 aromatic rings. The lowest BCUT2D eigenvalue weighted by Gasteiger charge is -2.27. The number of rotatable bonds is 2. The molecule has 2 heteroatoms. The predicted molar refractivity (Wildman–Crippen MR) is 60.6 cm³/mol. The molecule has 1 N–H and O–H groups in total. The second kappa shape index (κ2) is 3.41. The summed E-state index contributed by atoms with van der Waals surface area (Å²) in [4.78, 5) is 7.74. The first-order valence-corrected chi connectivity index (χ1v) is 5.33. The van der Waals surface area contributed by atoms with Crippen molar-refractivity contribution < 1.29 is 0 Å². The van der Waals surface area contributed by atoms with Gasteiger partial charge in [-0.15, -0.1) is 0 Å². The molecular weight excluding hydrogens is 172 g/mol. The smallest absolute Gasteiger partial charge is 0.0925 e. The van der Waals surface area contributed by atoms with Crippen LogP contribution in [0.15, 0.2) is 6.33 Å². The van der Waals surface area contributed by atoms with Crippen molar-refractivity contribution in [2.24, 2.45) is 0 Å². The summed E-state index contributed by atoms with van der Waals surface area (Å²) in [5, 5.41) is 0. The van der Waals surface area contributed by atoms with Crippen LogP contribution in [0.3, 0.4) is 0 Å². The highest BCUT2D eigenvalue weighted by Crippen LogP contribution is 2.33. The number of aromatic nitrogens is 2. The fourth-order valence-corrected chi connectivity index (χ4v) is 1.56. The van der Waals surface area contributed by atoms with Gasteiger partial charge in [-0.1, -0.05) is 41.5 Å². The highest BCUT2D eigenvalue weighted by atomic mass is 14.9. The Balaban J connectivity index is 3.18. The minimum absolute atomic E-state index is 0.127. The molecular formula is C12H22N2. The first-order chi connectivity index (χ1) is 6.29. The summed E-state index contributed by atoms with van der Waals surface area (Å²) in [6, 6.07) is 0. The van der Waals surface area contributed by atoms with E-state index in [1.807, 2.05) is 6.33 Å². The summed E-state index contributed by atoms with van der Waals surface area (Å²) < 4.78 is 0. The van der Waals surface area contributed by atoms with Gasteiger partial charge in [0.05, 0.1) is 12.0 Å². The number of hydrogen-bond acceptors (Lipinski definition) is 1. The van der Waals surface area contributed by atoms with E-state index in [1.54, 1.807) is 0 Å². The van der Waals surface area contributed by atoms with Crippen molar-refractivity contribution in [1.82, 2.24) is 9.97 Å². The number of imidazole rings is 1. The lowest BCUT2D eigenvalue weighted by Crippen LogP contribution is -2.23. The first kappa shape index (κ1) is 11.3. The Labute approximate surface area is 87.1 Å². The zero-order valence-electron chi connectivity index (χ0n) is 10.2. The monoisotopic (exact) mass is 194 g/mol. The Morgan fingerprint density at radius 2 is 1.79 bits per heavy atom. The SMILES string of the molecule is CCC(C)(C)c1[nH]cnc1C(C)(C)C. The fourth-order valence-electron chi connectivity index (χ4n) is 1.56. The minimum Gasteiger partial charge on any atom is -0.348 e. The van der Waals surface area contributed by atoms with Crippen LogP contribution in [-0.4, -0.2) is 9.97 Å². The number of hydrogen-bond donors (Lipinski definition) is 1. The van der Waals surface area contributed by atoms with Gasteiger partial charge in [-0.2, -0.15) is 0 Å². The topological polar surface area (TPSA) is 28.7 Å². The van der Waals surface area contributed by atoms with Crippen molar-refractivity contribution in [2.45, 2.75) is 58.8 Å². The first-order valence-electron chi connectivity index (χ1n) is 5.33. The number of nitrogens with one attached hydrogen (secondary N) is 1. The third-order valence-electron chi connectivity index (χ3n) is 2.91. The summed E-state index contributed by atoms with van der Waals surface area (Å²) in [5.41, 5.74) is 2.80. The van der Waals surface area contributed by atoms with E-state index in [0.29, 0.717) is 0 Å². The molecule has 0 amide bonds. The lowest BCUT2D eigenvalue weighted by molar-refractivity contribution is 0.464. The molecule has 0 aliphatic rings. The zero-order chi connectivity index (χ0) is 11.0. The van der Waals surface area contributed by atoms with Crippen molar-refractivity contribution in [3.05, 3.63) is 17.7 Å². The molecule has 0 aromatic carbocycles. The molecule has 0 radical (unpaired) electrons.